The molecule has 0 aromatic rings. The van der Waals surface area contributed by atoms with E-state index < -0.39 is 5.79 Å². The Morgan fingerprint density at radius 2 is 1.67 bits per heavy atom. The Balaban J connectivity index is 0.000000561. The lowest BCUT2D eigenvalue weighted by molar-refractivity contribution is -0.260. The van der Waals surface area contributed by atoms with Gasteiger partial charge in [-0.1, -0.05) is 13.8 Å². The fourth-order valence-electron chi connectivity index (χ4n) is 0.863. The van der Waals surface area contributed by atoms with Gasteiger partial charge in [-0.05, 0) is 20.4 Å². The molecule has 0 atom stereocenters. The summed E-state index contributed by atoms with van der Waals surface area (Å²) in [6, 6.07) is 0. The molecule has 74 valence electrons. The maximum atomic E-state index is 5.43. The second-order valence-electron chi connectivity index (χ2n) is 3.12. The summed E-state index contributed by atoms with van der Waals surface area (Å²) in [7, 11) is 0. The summed E-state index contributed by atoms with van der Waals surface area (Å²) in [5.41, 5.74) is 5.43. The van der Waals surface area contributed by atoms with E-state index in [1.807, 2.05) is 27.7 Å². The van der Waals surface area contributed by atoms with E-state index >= 15 is 0 Å². The fraction of sp³-hybridized carbons (Fsp3) is 1.00. The van der Waals surface area contributed by atoms with Gasteiger partial charge < -0.3 is 15.2 Å². The Morgan fingerprint density at radius 3 is 2.00 bits per heavy atom. The predicted octanol–water partition coefficient (Wildman–Crippen LogP) is 1.37. The zero-order valence-corrected chi connectivity index (χ0v) is 8.59. The average molecular weight is 175 g/mol. The van der Waals surface area contributed by atoms with Crippen LogP contribution in [0.2, 0.25) is 0 Å². The van der Waals surface area contributed by atoms with E-state index in [0.717, 1.165) is 13.2 Å². The molecule has 0 bridgehead atoms. The van der Waals surface area contributed by atoms with Crippen molar-refractivity contribution in [2.45, 2.75) is 33.5 Å². The van der Waals surface area contributed by atoms with Crippen molar-refractivity contribution in [2.75, 3.05) is 19.8 Å². The van der Waals surface area contributed by atoms with Gasteiger partial charge in [0.2, 0.25) is 0 Å². The topological polar surface area (TPSA) is 44.5 Å². The molecule has 1 aliphatic heterocycles. The lowest BCUT2D eigenvalue weighted by Gasteiger charge is -2.34. The highest BCUT2D eigenvalue weighted by molar-refractivity contribution is 4.67. The quantitative estimate of drug-likeness (QED) is 0.654. The number of rotatable bonds is 1. The fourth-order valence-corrected chi connectivity index (χ4v) is 0.863. The lowest BCUT2D eigenvalue weighted by Crippen LogP contribution is -2.41. The molecular weight excluding hydrogens is 154 g/mol. The maximum Gasteiger partial charge on any atom is 0.162 e. The van der Waals surface area contributed by atoms with Gasteiger partial charge in [0, 0.05) is 5.92 Å². The highest BCUT2D eigenvalue weighted by Gasteiger charge is 2.27. The molecular formula is C9H21NO2. The molecule has 0 unspecified atom stereocenters. The zero-order chi connectivity index (χ0) is 9.61. The van der Waals surface area contributed by atoms with Crippen LogP contribution in [0.4, 0.5) is 0 Å². The summed E-state index contributed by atoms with van der Waals surface area (Å²) in [5.74, 6) is -0.0147. The molecule has 1 aliphatic rings. The monoisotopic (exact) mass is 175 g/mol. The van der Waals surface area contributed by atoms with Gasteiger partial charge in [0.1, 0.15) is 0 Å². The first-order valence-electron chi connectivity index (χ1n) is 4.62. The third-order valence-corrected chi connectivity index (χ3v) is 1.67. The summed E-state index contributed by atoms with van der Waals surface area (Å²) in [5, 5.41) is 0. The second kappa shape index (κ2) is 5.51. The molecule has 3 nitrogen and oxygen atoms in total. The first-order valence-corrected chi connectivity index (χ1v) is 4.62. The van der Waals surface area contributed by atoms with Crippen LogP contribution in [0.15, 0.2) is 0 Å². The molecule has 0 aliphatic carbocycles. The minimum Gasteiger partial charge on any atom is -0.350 e. The Kier molecular flexibility index (Phi) is 5.46. The predicted molar refractivity (Wildman–Crippen MR) is 49.9 cm³/mol. The van der Waals surface area contributed by atoms with E-state index in [9.17, 15) is 0 Å². The van der Waals surface area contributed by atoms with E-state index in [4.69, 9.17) is 15.2 Å². The van der Waals surface area contributed by atoms with E-state index in [2.05, 4.69) is 0 Å². The molecule has 0 aromatic heterocycles. The molecule has 2 N–H and O–H groups in total. The van der Waals surface area contributed by atoms with Gasteiger partial charge in [-0.25, -0.2) is 0 Å². The molecule has 0 radical (unpaired) electrons. The van der Waals surface area contributed by atoms with Gasteiger partial charge in [0.25, 0.3) is 0 Å². The normalized spacial score (nSPS) is 22.8. The first kappa shape index (κ1) is 11.9. The molecule has 0 amide bonds. The number of hydrogen-bond acceptors (Lipinski definition) is 3. The van der Waals surface area contributed by atoms with Crippen LogP contribution in [-0.2, 0) is 9.47 Å². The molecule has 0 aromatic carbocycles. The largest absolute Gasteiger partial charge is 0.350 e. The van der Waals surface area contributed by atoms with Crippen LogP contribution in [0.5, 0.6) is 0 Å². The van der Waals surface area contributed by atoms with Crippen molar-refractivity contribution in [1.82, 2.24) is 0 Å². The smallest absolute Gasteiger partial charge is 0.162 e. The first-order chi connectivity index (χ1) is 5.64. The molecule has 1 fully saturated rings. The van der Waals surface area contributed by atoms with Crippen molar-refractivity contribution in [2.24, 2.45) is 11.7 Å². The van der Waals surface area contributed by atoms with Gasteiger partial charge in [-0.2, -0.15) is 0 Å². The van der Waals surface area contributed by atoms with Crippen molar-refractivity contribution >= 4 is 0 Å². The summed E-state index contributed by atoms with van der Waals surface area (Å²) in [6.07, 6.45) is 0. The van der Waals surface area contributed by atoms with Gasteiger partial charge in [0.15, 0.2) is 5.79 Å². The Hall–Kier alpha value is -0.120. The van der Waals surface area contributed by atoms with Crippen LogP contribution >= 0.6 is 0 Å². The lowest BCUT2D eigenvalue weighted by atomic mass is 10.1. The molecule has 1 saturated heterocycles. The minimum absolute atomic E-state index is 0.382. The third-order valence-electron chi connectivity index (χ3n) is 1.67. The van der Waals surface area contributed by atoms with Crippen molar-refractivity contribution < 1.29 is 9.47 Å². The van der Waals surface area contributed by atoms with Crippen LogP contribution in [0, 0.1) is 5.92 Å². The molecule has 0 spiro atoms. The van der Waals surface area contributed by atoms with E-state index in [-0.39, 0.29) is 0 Å². The number of hydrogen-bond donors (Lipinski definition) is 1. The number of ether oxygens (including phenoxy) is 2. The second-order valence-corrected chi connectivity index (χ2v) is 3.12. The van der Waals surface area contributed by atoms with Crippen LogP contribution in [-0.4, -0.2) is 25.5 Å². The van der Waals surface area contributed by atoms with Gasteiger partial charge in [-0.3, -0.25) is 0 Å². The van der Waals surface area contributed by atoms with Crippen LogP contribution in [0.25, 0.3) is 0 Å². The molecule has 3 heteroatoms. The molecule has 0 saturated carbocycles. The summed E-state index contributed by atoms with van der Waals surface area (Å²) in [4.78, 5) is 0. The maximum absolute atomic E-state index is 5.43. The highest BCUT2D eigenvalue weighted by Crippen LogP contribution is 2.19. The third kappa shape index (κ3) is 4.04. The van der Waals surface area contributed by atoms with Gasteiger partial charge >= 0.3 is 0 Å². The molecule has 1 heterocycles. The van der Waals surface area contributed by atoms with Crippen LogP contribution < -0.4 is 5.73 Å². The van der Waals surface area contributed by atoms with Crippen molar-refractivity contribution in [3.05, 3.63) is 0 Å². The minimum atomic E-state index is -0.397. The standard InChI is InChI=1S/C7H15NO2.C2H6/c1-7(2)9-4-6(3-8)5-10-7;1-2/h6H,3-5,8H2,1-2H3;1-2H3. The van der Waals surface area contributed by atoms with Crippen molar-refractivity contribution in [3.8, 4) is 0 Å². The summed E-state index contributed by atoms with van der Waals surface area (Å²) in [6.45, 7) is 9.93. The summed E-state index contributed by atoms with van der Waals surface area (Å²) >= 11 is 0. The molecule has 12 heavy (non-hydrogen) atoms. The zero-order valence-electron chi connectivity index (χ0n) is 8.59. The Morgan fingerprint density at radius 1 is 1.25 bits per heavy atom. The Labute approximate surface area is 75.2 Å². The highest BCUT2D eigenvalue weighted by atomic mass is 16.7. The SMILES string of the molecule is CC.CC1(C)OCC(CN)CO1. The summed E-state index contributed by atoms with van der Waals surface area (Å²) < 4.78 is 10.7. The Bertz CT molecular complexity index is 105. The van der Waals surface area contributed by atoms with E-state index in [1.54, 1.807) is 0 Å². The van der Waals surface area contributed by atoms with E-state index in [1.165, 1.54) is 0 Å². The van der Waals surface area contributed by atoms with Gasteiger partial charge in [0.05, 0.1) is 13.2 Å². The molecule has 1 rings (SSSR count). The number of nitrogens with two attached hydrogens (primary N) is 1. The van der Waals surface area contributed by atoms with Gasteiger partial charge in [-0.15, -0.1) is 0 Å². The van der Waals surface area contributed by atoms with E-state index in [0.29, 0.717) is 12.5 Å². The van der Waals surface area contributed by atoms with Crippen LogP contribution in [0.3, 0.4) is 0 Å². The van der Waals surface area contributed by atoms with Crippen LogP contribution in [0.1, 0.15) is 27.7 Å². The van der Waals surface area contributed by atoms with Crippen molar-refractivity contribution in [3.63, 3.8) is 0 Å². The average Bonchev–Trinajstić information content (AvgIpc) is 2.08. The van der Waals surface area contributed by atoms with Crippen molar-refractivity contribution in [1.29, 1.82) is 0 Å².